The summed E-state index contributed by atoms with van der Waals surface area (Å²) in [5.74, 6) is -0.409. The quantitative estimate of drug-likeness (QED) is 0.519. The minimum Gasteiger partial charge on any atom is -0.466 e. The van der Waals surface area contributed by atoms with Gasteiger partial charge < -0.3 is 4.74 Å². The molecule has 0 aromatic carbocycles. The van der Waals surface area contributed by atoms with Crippen LogP contribution in [0, 0.1) is 0 Å². The Morgan fingerprint density at radius 1 is 1.41 bits per heavy atom. The van der Waals surface area contributed by atoms with E-state index in [1.165, 1.54) is 6.92 Å². The number of rotatable bonds is 8. The zero-order chi connectivity index (χ0) is 13.3. The van der Waals surface area contributed by atoms with E-state index in [0.29, 0.717) is 19.3 Å². The molecule has 0 spiro atoms. The smallest absolute Gasteiger partial charge is 0.333 e. The zero-order valence-corrected chi connectivity index (χ0v) is 10.9. The molecule has 0 radical (unpaired) electrons. The van der Waals surface area contributed by atoms with Crippen molar-refractivity contribution in [3.05, 3.63) is 12.2 Å². The third-order valence-corrected chi connectivity index (χ3v) is 2.45. The maximum atomic E-state index is 10.8. The highest BCUT2D eigenvalue weighted by molar-refractivity contribution is 7.84. The molecule has 0 aliphatic carbocycles. The average molecular weight is 265 g/mol. The normalized spacial score (nSPS) is 13.8. The molecule has 0 aromatic heterocycles. The molecule has 0 saturated heterocycles. The Hall–Kier alpha value is -0.920. The number of ether oxygens (including phenoxy) is 1. The molecular formula is C10H19NO5S. The molecule has 100 valence electrons. The van der Waals surface area contributed by atoms with E-state index >= 15 is 0 Å². The summed E-state index contributed by atoms with van der Waals surface area (Å²) in [6.45, 7) is 3.27. The van der Waals surface area contributed by atoms with E-state index in [1.807, 2.05) is 19.1 Å². The van der Waals surface area contributed by atoms with Crippen LogP contribution in [0.25, 0.3) is 0 Å². The monoisotopic (exact) mass is 265 g/mol. The number of carbonyl (C=O) groups is 1. The zero-order valence-electron chi connectivity index (χ0n) is 10.1. The largest absolute Gasteiger partial charge is 0.466 e. The summed E-state index contributed by atoms with van der Waals surface area (Å²) in [7, 11) is -3.98. The van der Waals surface area contributed by atoms with E-state index in [2.05, 4.69) is 0 Å². The molecule has 2 N–H and O–H groups in total. The van der Waals surface area contributed by atoms with E-state index in [9.17, 15) is 13.2 Å². The third kappa shape index (κ3) is 11.3. The molecule has 1 unspecified atom stereocenters. The molecule has 0 saturated carbocycles. The lowest BCUT2D eigenvalue weighted by molar-refractivity contribution is -0.141. The van der Waals surface area contributed by atoms with Crippen molar-refractivity contribution in [2.24, 2.45) is 5.14 Å². The highest BCUT2D eigenvalue weighted by atomic mass is 32.2. The molecule has 0 amide bonds. The Bertz CT molecular complexity index is 350. The van der Waals surface area contributed by atoms with E-state index in [0.717, 1.165) is 0 Å². The number of allylic oxidation sites excluding steroid dienone is 2. The van der Waals surface area contributed by atoms with Gasteiger partial charge in [0.1, 0.15) is 0 Å². The van der Waals surface area contributed by atoms with E-state index in [-0.39, 0.29) is 6.61 Å². The first-order valence-electron chi connectivity index (χ1n) is 5.30. The van der Waals surface area contributed by atoms with Crippen molar-refractivity contribution in [2.45, 2.75) is 39.2 Å². The fraction of sp³-hybridized carbons (Fsp3) is 0.700. The standard InChI is InChI=1S/C10H19NO5S/c1-3-4-5-6-10(16-17(11,13)14)7-8-15-9(2)12/h3-4,10H,5-8H2,1-2H3,(H2,11,13,14)/b4-3+. The SMILES string of the molecule is C/C=C/CCC(CCOC(C)=O)OS(N)(=O)=O. The topological polar surface area (TPSA) is 95.7 Å². The predicted molar refractivity (Wildman–Crippen MR) is 63.3 cm³/mol. The van der Waals surface area contributed by atoms with Gasteiger partial charge in [-0.05, 0) is 19.8 Å². The van der Waals surface area contributed by atoms with Gasteiger partial charge in [-0.2, -0.15) is 8.42 Å². The van der Waals surface area contributed by atoms with Crippen LogP contribution >= 0.6 is 0 Å². The van der Waals surface area contributed by atoms with Gasteiger partial charge in [0.05, 0.1) is 12.7 Å². The predicted octanol–water partition coefficient (Wildman–Crippen LogP) is 0.885. The fourth-order valence-corrected chi connectivity index (χ4v) is 1.78. The Balaban J connectivity index is 4.15. The molecule has 17 heavy (non-hydrogen) atoms. The lowest BCUT2D eigenvalue weighted by Crippen LogP contribution is -2.25. The van der Waals surface area contributed by atoms with Crippen LogP contribution in [0.4, 0.5) is 0 Å². The molecule has 0 bridgehead atoms. The van der Waals surface area contributed by atoms with E-state index in [4.69, 9.17) is 14.1 Å². The number of hydrogen-bond acceptors (Lipinski definition) is 5. The lowest BCUT2D eigenvalue weighted by atomic mass is 10.1. The Kier molecular flexibility index (Phi) is 7.77. The number of carbonyl (C=O) groups excluding carboxylic acids is 1. The molecule has 0 rings (SSSR count). The van der Waals surface area contributed by atoms with Crippen LogP contribution in [-0.4, -0.2) is 27.1 Å². The third-order valence-electron chi connectivity index (χ3n) is 1.91. The van der Waals surface area contributed by atoms with Gasteiger partial charge in [0.15, 0.2) is 0 Å². The molecule has 7 heteroatoms. The van der Waals surface area contributed by atoms with Gasteiger partial charge in [-0.1, -0.05) is 12.2 Å². The van der Waals surface area contributed by atoms with Crippen molar-refractivity contribution in [3.8, 4) is 0 Å². The molecule has 0 heterocycles. The van der Waals surface area contributed by atoms with Crippen LogP contribution < -0.4 is 5.14 Å². The molecular weight excluding hydrogens is 246 g/mol. The van der Waals surface area contributed by atoms with Crippen LogP contribution in [-0.2, 0) is 24.0 Å². The molecule has 0 fully saturated rings. The first-order valence-corrected chi connectivity index (χ1v) is 6.78. The summed E-state index contributed by atoms with van der Waals surface area (Å²) < 4.78 is 31.0. The van der Waals surface area contributed by atoms with Gasteiger partial charge in [0.25, 0.3) is 0 Å². The second-order valence-electron chi connectivity index (χ2n) is 3.49. The Labute approximate surface area is 102 Å². The van der Waals surface area contributed by atoms with E-state index < -0.39 is 22.4 Å². The van der Waals surface area contributed by atoms with Gasteiger partial charge in [0.2, 0.25) is 0 Å². The maximum Gasteiger partial charge on any atom is 0.333 e. The number of hydrogen-bond donors (Lipinski definition) is 1. The first kappa shape index (κ1) is 16.1. The summed E-state index contributed by atoms with van der Waals surface area (Å²) in [4.78, 5) is 10.6. The van der Waals surface area contributed by atoms with Gasteiger partial charge in [0, 0.05) is 13.3 Å². The summed E-state index contributed by atoms with van der Waals surface area (Å²) in [5.41, 5.74) is 0. The van der Waals surface area contributed by atoms with Crippen LogP contribution in [0.2, 0.25) is 0 Å². The second kappa shape index (κ2) is 8.21. The number of esters is 1. The molecule has 0 aliphatic rings. The average Bonchev–Trinajstić information content (AvgIpc) is 2.14. The van der Waals surface area contributed by atoms with Gasteiger partial charge in [-0.25, -0.2) is 5.14 Å². The number of nitrogens with two attached hydrogens (primary N) is 1. The van der Waals surface area contributed by atoms with Crippen molar-refractivity contribution in [2.75, 3.05) is 6.61 Å². The molecule has 1 atom stereocenters. The van der Waals surface area contributed by atoms with Crippen LogP contribution in [0.3, 0.4) is 0 Å². The fourth-order valence-electron chi connectivity index (χ4n) is 1.21. The molecule has 0 aromatic rings. The summed E-state index contributed by atoms with van der Waals surface area (Å²) in [5, 5.41) is 4.80. The van der Waals surface area contributed by atoms with Gasteiger partial charge in [-0.3, -0.25) is 8.98 Å². The minimum atomic E-state index is -3.98. The first-order chi connectivity index (χ1) is 7.85. The van der Waals surface area contributed by atoms with Crippen LogP contribution in [0.5, 0.6) is 0 Å². The summed E-state index contributed by atoms with van der Waals surface area (Å²) in [6.07, 6.45) is 4.66. The van der Waals surface area contributed by atoms with Crippen molar-refractivity contribution < 1.29 is 22.1 Å². The van der Waals surface area contributed by atoms with Crippen molar-refractivity contribution in [1.82, 2.24) is 0 Å². The Morgan fingerprint density at radius 2 is 2.06 bits per heavy atom. The molecule has 6 nitrogen and oxygen atoms in total. The minimum absolute atomic E-state index is 0.116. The van der Waals surface area contributed by atoms with Crippen molar-refractivity contribution in [3.63, 3.8) is 0 Å². The van der Waals surface area contributed by atoms with Gasteiger partial charge in [-0.15, -0.1) is 0 Å². The second-order valence-corrected chi connectivity index (χ2v) is 4.66. The van der Waals surface area contributed by atoms with Crippen LogP contribution in [0.15, 0.2) is 12.2 Å². The molecule has 0 aliphatic heterocycles. The van der Waals surface area contributed by atoms with Crippen LogP contribution in [0.1, 0.15) is 33.1 Å². The van der Waals surface area contributed by atoms with Crippen molar-refractivity contribution >= 4 is 16.3 Å². The summed E-state index contributed by atoms with van der Waals surface area (Å²) >= 11 is 0. The Morgan fingerprint density at radius 3 is 2.53 bits per heavy atom. The van der Waals surface area contributed by atoms with Crippen molar-refractivity contribution in [1.29, 1.82) is 0 Å². The highest BCUT2D eigenvalue weighted by Crippen LogP contribution is 2.10. The van der Waals surface area contributed by atoms with Gasteiger partial charge >= 0.3 is 16.3 Å². The lowest BCUT2D eigenvalue weighted by Gasteiger charge is -2.14. The summed E-state index contributed by atoms with van der Waals surface area (Å²) in [6, 6.07) is 0. The van der Waals surface area contributed by atoms with E-state index in [1.54, 1.807) is 0 Å². The maximum absolute atomic E-state index is 10.8. The highest BCUT2D eigenvalue weighted by Gasteiger charge is 2.15.